The number of rotatable bonds is 0. The van der Waals surface area contributed by atoms with Gasteiger partial charge >= 0.3 is 0 Å². The summed E-state index contributed by atoms with van der Waals surface area (Å²) < 4.78 is 0. The minimum Gasteiger partial charge on any atom is -0.395 e. The number of hydrogen-bond donors (Lipinski definition) is 0. The van der Waals surface area contributed by atoms with E-state index in [1.807, 2.05) is 0 Å². The second-order valence-corrected chi connectivity index (χ2v) is 1.27. The summed E-state index contributed by atoms with van der Waals surface area (Å²) in [6.45, 7) is 0.652. The van der Waals surface area contributed by atoms with Crippen LogP contribution in [0.15, 0.2) is 5.16 Å². The van der Waals surface area contributed by atoms with E-state index in [-0.39, 0.29) is 0 Å². The standard InChI is InChI=1S/C5H5NO/c1-2-5-3-4-7-6-5/h1H,3-4H2. The Morgan fingerprint density at radius 1 is 1.86 bits per heavy atom. The summed E-state index contributed by atoms with van der Waals surface area (Å²) in [7, 11) is 0. The smallest absolute Gasteiger partial charge is 0.132 e. The third-order valence-electron chi connectivity index (χ3n) is 0.772. The highest BCUT2D eigenvalue weighted by molar-refractivity contribution is 6.00. The van der Waals surface area contributed by atoms with Crippen molar-refractivity contribution in [1.82, 2.24) is 0 Å². The SMILES string of the molecule is C#CC1=NOCC1. The van der Waals surface area contributed by atoms with Gasteiger partial charge in [-0.15, -0.1) is 6.42 Å². The average molecular weight is 95.1 g/mol. The predicted molar refractivity (Wildman–Crippen MR) is 26.8 cm³/mol. The van der Waals surface area contributed by atoms with Crippen LogP contribution < -0.4 is 0 Å². The average Bonchev–Trinajstić information content (AvgIpc) is 2.14. The van der Waals surface area contributed by atoms with E-state index in [0.717, 1.165) is 12.1 Å². The number of terminal acetylenes is 1. The van der Waals surface area contributed by atoms with E-state index in [2.05, 4.69) is 15.9 Å². The highest BCUT2D eigenvalue weighted by atomic mass is 16.6. The molecule has 0 radical (unpaired) electrons. The largest absolute Gasteiger partial charge is 0.395 e. The van der Waals surface area contributed by atoms with Crippen LogP contribution in [0.3, 0.4) is 0 Å². The van der Waals surface area contributed by atoms with Crippen LogP contribution in [0.1, 0.15) is 6.42 Å². The van der Waals surface area contributed by atoms with Gasteiger partial charge in [0.1, 0.15) is 12.3 Å². The lowest BCUT2D eigenvalue weighted by atomic mass is 10.3. The maximum Gasteiger partial charge on any atom is 0.132 e. The first-order valence-corrected chi connectivity index (χ1v) is 2.09. The van der Waals surface area contributed by atoms with Crippen LogP contribution in [0.2, 0.25) is 0 Å². The summed E-state index contributed by atoms with van der Waals surface area (Å²) >= 11 is 0. The van der Waals surface area contributed by atoms with Gasteiger partial charge in [0.25, 0.3) is 0 Å². The van der Waals surface area contributed by atoms with Crippen LogP contribution in [-0.2, 0) is 4.84 Å². The third-order valence-corrected chi connectivity index (χ3v) is 0.772. The van der Waals surface area contributed by atoms with Crippen molar-refractivity contribution >= 4 is 5.71 Å². The Morgan fingerprint density at radius 3 is 3.00 bits per heavy atom. The van der Waals surface area contributed by atoms with Gasteiger partial charge in [0, 0.05) is 6.42 Å². The monoisotopic (exact) mass is 95.0 g/mol. The summed E-state index contributed by atoms with van der Waals surface area (Å²) in [4.78, 5) is 4.59. The quantitative estimate of drug-likeness (QED) is 0.399. The van der Waals surface area contributed by atoms with Crippen LogP contribution in [0.5, 0.6) is 0 Å². The van der Waals surface area contributed by atoms with Crippen molar-refractivity contribution < 1.29 is 4.84 Å². The molecule has 0 amide bonds. The fraction of sp³-hybridized carbons (Fsp3) is 0.400. The van der Waals surface area contributed by atoms with E-state index in [0.29, 0.717) is 6.61 Å². The van der Waals surface area contributed by atoms with E-state index in [1.165, 1.54) is 0 Å². The van der Waals surface area contributed by atoms with Crippen LogP contribution in [-0.4, -0.2) is 12.3 Å². The van der Waals surface area contributed by atoms with Crippen molar-refractivity contribution in [1.29, 1.82) is 0 Å². The molecule has 0 N–H and O–H groups in total. The van der Waals surface area contributed by atoms with Gasteiger partial charge in [-0.2, -0.15) is 0 Å². The molecule has 0 aromatic heterocycles. The Hall–Kier alpha value is -0.970. The van der Waals surface area contributed by atoms with E-state index in [4.69, 9.17) is 6.42 Å². The molecule has 0 unspecified atom stereocenters. The molecule has 36 valence electrons. The van der Waals surface area contributed by atoms with Crippen LogP contribution in [0, 0.1) is 12.3 Å². The molecule has 1 aliphatic heterocycles. The Balaban J connectivity index is 2.57. The zero-order chi connectivity index (χ0) is 5.11. The van der Waals surface area contributed by atoms with Crippen LogP contribution in [0.25, 0.3) is 0 Å². The molecular formula is C5H5NO. The normalized spacial score (nSPS) is 17.3. The van der Waals surface area contributed by atoms with Gasteiger partial charge in [-0.3, -0.25) is 0 Å². The zero-order valence-electron chi connectivity index (χ0n) is 3.85. The van der Waals surface area contributed by atoms with Crippen molar-refractivity contribution in [2.45, 2.75) is 6.42 Å². The second kappa shape index (κ2) is 1.65. The molecule has 0 atom stereocenters. The lowest BCUT2D eigenvalue weighted by molar-refractivity contribution is 0.174. The molecule has 0 saturated heterocycles. The molecule has 7 heavy (non-hydrogen) atoms. The first-order chi connectivity index (χ1) is 3.43. The molecule has 1 rings (SSSR count). The molecule has 0 bridgehead atoms. The zero-order valence-corrected chi connectivity index (χ0v) is 3.85. The van der Waals surface area contributed by atoms with Crippen molar-refractivity contribution in [2.24, 2.45) is 5.16 Å². The van der Waals surface area contributed by atoms with E-state index in [9.17, 15) is 0 Å². The third kappa shape index (κ3) is 0.716. The Kier molecular flexibility index (Phi) is 0.991. The Labute approximate surface area is 42.2 Å². The van der Waals surface area contributed by atoms with E-state index < -0.39 is 0 Å². The number of hydrogen-bond acceptors (Lipinski definition) is 2. The fourth-order valence-corrected chi connectivity index (χ4v) is 0.410. The molecule has 0 aromatic carbocycles. The fourth-order valence-electron chi connectivity index (χ4n) is 0.410. The molecule has 1 heterocycles. The Morgan fingerprint density at radius 2 is 2.71 bits per heavy atom. The van der Waals surface area contributed by atoms with E-state index >= 15 is 0 Å². The van der Waals surface area contributed by atoms with Gasteiger partial charge in [0.05, 0.1) is 0 Å². The minimum atomic E-state index is 0.652. The molecule has 0 saturated carbocycles. The van der Waals surface area contributed by atoms with Crippen molar-refractivity contribution in [3.8, 4) is 12.3 Å². The van der Waals surface area contributed by atoms with Crippen molar-refractivity contribution in [3.63, 3.8) is 0 Å². The summed E-state index contributed by atoms with van der Waals surface area (Å²) in [5, 5.41) is 3.53. The maximum atomic E-state index is 4.97. The molecule has 0 fully saturated rings. The molecule has 0 aliphatic carbocycles. The number of oxime groups is 1. The van der Waals surface area contributed by atoms with Crippen molar-refractivity contribution in [3.05, 3.63) is 0 Å². The molecule has 0 aromatic rings. The molecule has 2 heteroatoms. The molecule has 0 spiro atoms. The topological polar surface area (TPSA) is 21.6 Å². The number of nitrogens with zero attached hydrogens (tertiary/aromatic N) is 1. The first kappa shape index (κ1) is 4.20. The lowest BCUT2D eigenvalue weighted by Crippen LogP contribution is -1.85. The molecular weight excluding hydrogens is 90.1 g/mol. The molecule has 1 aliphatic rings. The van der Waals surface area contributed by atoms with Gasteiger partial charge < -0.3 is 4.84 Å². The van der Waals surface area contributed by atoms with Gasteiger partial charge in [0.2, 0.25) is 0 Å². The van der Waals surface area contributed by atoms with Crippen LogP contribution in [0.4, 0.5) is 0 Å². The summed E-state index contributed by atoms with van der Waals surface area (Å²) in [5.41, 5.74) is 0.722. The van der Waals surface area contributed by atoms with Crippen molar-refractivity contribution in [2.75, 3.05) is 6.61 Å². The first-order valence-electron chi connectivity index (χ1n) is 2.09. The predicted octanol–water partition coefficient (Wildman–Crippen LogP) is 0.396. The summed E-state index contributed by atoms with van der Waals surface area (Å²) in [6.07, 6.45) is 5.78. The second-order valence-electron chi connectivity index (χ2n) is 1.27. The minimum absolute atomic E-state index is 0.652. The summed E-state index contributed by atoms with van der Waals surface area (Å²) in [5.74, 6) is 2.39. The summed E-state index contributed by atoms with van der Waals surface area (Å²) in [6, 6.07) is 0. The maximum absolute atomic E-state index is 4.97. The van der Waals surface area contributed by atoms with Gasteiger partial charge in [-0.05, 0) is 0 Å². The lowest BCUT2D eigenvalue weighted by Gasteiger charge is -1.75. The van der Waals surface area contributed by atoms with Crippen LogP contribution >= 0.6 is 0 Å². The van der Waals surface area contributed by atoms with Gasteiger partial charge in [-0.1, -0.05) is 11.1 Å². The van der Waals surface area contributed by atoms with Gasteiger partial charge in [0.15, 0.2) is 0 Å². The highest BCUT2D eigenvalue weighted by Gasteiger charge is 2.01. The molecule has 2 nitrogen and oxygen atoms in total. The van der Waals surface area contributed by atoms with E-state index in [1.54, 1.807) is 0 Å². The Bertz CT molecular complexity index is 132. The van der Waals surface area contributed by atoms with Gasteiger partial charge in [-0.25, -0.2) is 0 Å². The highest BCUT2D eigenvalue weighted by Crippen LogP contribution is 1.96.